The van der Waals surface area contributed by atoms with Crippen molar-refractivity contribution in [3.8, 4) is 11.5 Å². The molecule has 5 nitrogen and oxygen atoms in total. The number of halogens is 1. The van der Waals surface area contributed by atoms with Crippen molar-refractivity contribution in [3.05, 3.63) is 52.0 Å². The summed E-state index contributed by atoms with van der Waals surface area (Å²) in [6, 6.07) is 10.2. The number of phenols is 1. The highest BCUT2D eigenvalue weighted by Crippen LogP contribution is 2.26. The monoisotopic (exact) mass is 436 g/mol. The van der Waals surface area contributed by atoms with E-state index in [4.69, 9.17) is 17.0 Å². The predicted molar refractivity (Wildman–Crippen MR) is 111 cm³/mol. The van der Waals surface area contributed by atoms with Gasteiger partial charge in [0.25, 0.3) is 5.91 Å². The zero-order valence-corrected chi connectivity index (χ0v) is 17.0. The molecule has 0 aliphatic carbocycles. The van der Waals surface area contributed by atoms with Gasteiger partial charge in [-0.1, -0.05) is 19.4 Å². The molecule has 0 spiro atoms. The molecule has 0 saturated heterocycles. The topological polar surface area (TPSA) is 70.6 Å². The standard InChI is InChI=1S/C19H21BrN2O3S/c1-3-4-9-25-17-8-6-13(11-14(17)20)18(24)22-19(26)21-15-10-12(2)5-7-16(15)23/h5-8,10-11,23H,3-4,9H2,1-2H3,(H2,21,22,24,26). The first kappa shape index (κ1) is 20.2. The Morgan fingerprint density at radius 1 is 1.27 bits per heavy atom. The molecule has 7 heteroatoms. The third kappa shape index (κ3) is 5.71. The number of aromatic hydroxyl groups is 1. The van der Waals surface area contributed by atoms with Crippen molar-refractivity contribution in [2.45, 2.75) is 26.7 Å². The summed E-state index contributed by atoms with van der Waals surface area (Å²) in [5.41, 5.74) is 1.84. The predicted octanol–water partition coefficient (Wildman–Crippen LogP) is 4.77. The molecule has 0 atom stereocenters. The summed E-state index contributed by atoms with van der Waals surface area (Å²) in [4.78, 5) is 12.4. The Labute approximate surface area is 166 Å². The van der Waals surface area contributed by atoms with Crippen LogP contribution in [0.2, 0.25) is 0 Å². The van der Waals surface area contributed by atoms with Gasteiger partial charge in [0.2, 0.25) is 0 Å². The zero-order valence-electron chi connectivity index (χ0n) is 14.6. The molecule has 1 amide bonds. The number of unbranched alkanes of at least 4 members (excludes halogenated alkanes) is 1. The largest absolute Gasteiger partial charge is 0.506 e. The Bertz CT molecular complexity index is 811. The Morgan fingerprint density at radius 3 is 2.73 bits per heavy atom. The number of nitrogens with one attached hydrogen (secondary N) is 2. The van der Waals surface area contributed by atoms with Gasteiger partial charge in [-0.25, -0.2) is 0 Å². The summed E-state index contributed by atoms with van der Waals surface area (Å²) in [6.07, 6.45) is 2.03. The van der Waals surface area contributed by atoms with Crippen LogP contribution in [0.5, 0.6) is 11.5 Å². The van der Waals surface area contributed by atoms with Crippen LogP contribution in [-0.2, 0) is 0 Å². The van der Waals surface area contributed by atoms with Crippen LogP contribution in [0.15, 0.2) is 40.9 Å². The van der Waals surface area contributed by atoms with Crippen molar-refractivity contribution in [1.82, 2.24) is 5.32 Å². The van der Waals surface area contributed by atoms with Gasteiger partial charge in [-0.3, -0.25) is 10.1 Å². The van der Waals surface area contributed by atoms with Gasteiger partial charge in [0.1, 0.15) is 11.5 Å². The lowest BCUT2D eigenvalue weighted by molar-refractivity contribution is 0.0977. The van der Waals surface area contributed by atoms with Crippen LogP contribution in [0.4, 0.5) is 5.69 Å². The Hall–Kier alpha value is -2.12. The van der Waals surface area contributed by atoms with E-state index in [1.165, 1.54) is 0 Å². The SMILES string of the molecule is CCCCOc1ccc(C(=O)NC(=S)Nc2cc(C)ccc2O)cc1Br. The minimum Gasteiger partial charge on any atom is -0.506 e. The molecular formula is C19H21BrN2O3S. The van der Waals surface area contributed by atoms with Gasteiger partial charge in [0.15, 0.2) is 5.11 Å². The quantitative estimate of drug-likeness (QED) is 0.345. The Kier molecular flexibility index (Phi) is 7.41. The van der Waals surface area contributed by atoms with E-state index in [1.807, 2.05) is 6.92 Å². The van der Waals surface area contributed by atoms with Crippen molar-refractivity contribution < 1.29 is 14.6 Å². The maximum atomic E-state index is 12.4. The highest BCUT2D eigenvalue weighted by atomic mass is 79.9. The van der Waals surface area contributed by atoms with Crippen LogP contribution in [0.25, 0.3) is 0 Å². The molecule has 138 valence electrons. The molecule has 2 aromatic carbocycles. The molecule has 0 saturated carbocycles. The second kappa shape index (κ2) is 9.54. The third-order valence-electron chi connectivity index (χ3n) is 3.58. The third-order valence-corrected chi connectivity index (χ3v) is 4.40. The number of thiocarbonyl (C=S) groups is 1. The van der Waals surface area contributed by atoms with Crippen molar-refractivity contribution in [3.63, 3.8) is 0 Å². The van der Waals surface area contributed by atoms with Crippen LogP contribution in [0.3, 0.4) is 0 Å². The van der Waals surface area contributed by atoms with Gasteiger partial charge in [-0.15, -0.1) is 0 Å². The average molecular weight is 437 g/mol. The fourth-order valence-corrected chi connectivity index (χ4v) is 2.86. The summed E-state index contributed by atoms with van der Waals surface area (Å²) >= 11 is 8.57. The van der Waals surface area contributed by atoms with Crippen LogP contribution in [-0.4, -0.2) is 22.7 Å². The van der Waals surface area contributed by atoms with Gasteiger partial charge in [0.05, 0.1) is 16.8 Å². The average Bonchev–Trinajstić information content (AvgIpc) is 2.59. The van der Waals surface area contributed by atoms with E-state index in [2.05, 4.69) is 33.5 Å². The van der Waals surface area contributed by atoms with Gasteiger partial charge in [-0.05, 0) is 77.4 Å². The maximum absolute atomic E-state index is 12.4. The van der Waals surface area contributed by atoms with Gasteiger partial charge in [-0.2, -0.15) is 0 Å². The molecule has 0 bridgehead atoms. The van der Waals surface area contributed by atoms with E-state index >= 15 is 0 Å². The lowest BCUT2D eigenvalue weighted by Gasteiger charge is -2.12. The number of anilines is 1. The molecule has 26 heavy (non-hydrogen) atoms. The molecular weight excluding hydrogens is 416 g/mol. The fourth-order valence-electron chi connectivity index (χ4n) is 2.16. The van der Waals surface area contributed by atoms with Crippen molar-refractivity contribution >= 4 is 44.9 Å². The highest BCUT2D eigenvalue weighted by molar-refractivity contribution is 9.10. The zero-order chi connectivity index (χ0) is 19.1. The van der Waals surface area contributed by atoms with Gasteiger partial charge >= 0.3 is 0 Å². The smallest absolute Gasteiger partial charge is 0.257 e. The van der Waals surface area contributed by atoms with E-state index in [0.29, 0.717) is 28.1 Å². The van der Waals surface area contributed by atoms with Crippen LogP contribution in [0, 0.1) is 6.92 Å². The van der Waals surface area contributed by atoms with E-state index in [9.17, 15) is 9.90 Å². The summed E-state index contributed by atoms with van der Waals surface area (Å²) in [5, 5.41) is 15.4. The first-order valence-corrected chi connectivity index (χ1v) is 9.45. The van der Waals surface area contributed by atoms with E-state index in [0.717, 1.165) is 18.4 Å². The fraction of sp³-hybridized carbons (Fsp3) is 0.263. The second-order valence-corrected chi connectivity index (χ2v) is 7.04. The highest BCUT2D eigenvalue weighted by Gasteiger charge is 2.12. The molecule has 0 fully saturated rings. The number of ether oxygens (including phenoxy) is 1. The molecule has 3 N–H and O–H groups in total. The number of phenolic OH excluding ortho intramolecular Hbond substituents is 1. The van der Waals surface area contributed by atoms with Crippen LogP contribution < -0.4 is 15.4 Å². The molecule has 0 radical (unpaired) electrons. The molecule has 0 heterocycles. The molecule has 2 aromatic rings. The number of hydrogen-bond acceptors (Lipinski definition) is 4. The number of hydrogen-bond donors (Lipinski definition) is 3. The van der Waals surface area contributed by atoms with Crippen molar-refractivity contribution in [2.24, 2.45) is 0 Å². The molecule has 0 aromatic heterocycles. The van der Waals surface area contributed by atoms with Crippen molar-refractivity contribution in [2.75, 3.05) is 11.9 Å². The number of carbonyl (C=O) groups excluding carboxylic acids is 1. The number of carbonyl (C=O) groups is 1. The normalized spacial score (nSPS) is 10.3. The summed E-state index contributed by atoms with van der Waals surface area (Å²) in [6.45, 7) is 4.63. The van der Waals surface area contributed by atoms with Crippen LogP contribution >= 0.6 is 28.1 Å². The number of benzene rings is 2. The Morgan fingerprint density at radius 2 is 2.04 bits per heavy atom. The molecule has 0 aliphatic heterocycles. The lowest BCUT2D eigenvalue weighted by atomic mass is 10.2. The minimum atomic E-state index is -0.351. The van der Waals surface area contributed by atoms with Gasteiger partial charge < -0.3 is 15.2 Å². The molecule has 0 unspecified atom stereocenters. The molecule has 2 rings (SSSR count). The first-order chi connectivity index (χ1) is 12.4. The summed E-state index contributed by atoms with van der Waals surface area (Å²) < 4.78 is 6.36. The van der Waals surface area contributed by atoms with E-state index in [1.54, 1.807) is 36.4 Å². The molecule has 0 aliphatic rings. The van der Waals surface area contributed by atoms with Gasteiger partial charge in [0, 0.05) is 5.56 Å². The minimum absolute atomic E-state index is 0.0588. The summed E-state index contributed by atoms with van der Waals surface area (Å²) in [5.74, 6) is 0.402. The lowest BCUT2D eigenvalue weighted by Crippen LogP contribution is -2.34. The number of amides is 1. The number of rotatable bonds is 6. The van der Waals surface area contributed by atoms with E-state index < -0.39 is 0 Å². The van der Waals surface area contributed by atoms with Crippen LogP contribution in [0.1, 0.15) is 35.7 Å². The second-order valence-electron chi connectivity index (χ2n) is 5.78. The summed E-state index contributed by atoms with van der Waals surface area (Å²) in [7, 11) is 0. The maximum Gasteiger partial charge on any atom is 0.257 e. The Balaban J connectivity index is 1.99. The first-order valence-electron chi connectivity index (χ1n) is 8.25. The van der Waals surface area contributed by atoms with E-state index in [-0.39, 0.29) is 16.8 Å². The number of aryl methyl sites for hydroxylation is 1. The van der Waals surface area contributed by atoms with Crippen molar-refractivity contribution in [1.29, 1.82) is 0 Å².